The fraction of sp³-hybridized carbons (Fsp3) is 1.00. The van der Waals surface area contributed by atoms with Gasteiger partial charge in [0.1, 0.15) is 0 Å². The summed E-state index contributed by atoms with van der Waals surface area (Å²) in [5, 5.41) is 3.53. The standard InChI is InChI=1S/C16H34N2/c1-4-16-9-8-12-18(14-16)11-7-5-6-10-17-13-15(2)3/h15-17H,4-14H2,1-3H3. The molecule has 1 rings (SSSR count). The molecule has 2 nitrogen and oxygen atoms in total. The second kappa shape index (κ2) is 9.80. The summed E-state index contributed by atoms with van der Waals surface area (Å²) in [7, 11) is 0. The second-order valence-corrected chi connectivity index (χ2v) is 6.38. The van der Waals surface area contributed by atoms with Crippen molar-refractivity contribution in [2.45, 2.75) is 59.3 Å². The van der Waals surface area contributed by atoms with Crippen molar-refractivity contribution in [2.24, 2.45) is 11.8 Å². The van der Waals surface area contributed by atoms with Gasteiger partial charge in [-0.05, 0) is 63.7 Å². The van der Waals surface area contributed by atoms with E-state index in [1.807, 2.05) is 0 Å². The van der Waals surface area contributed by atoms with Crippen LogP contribution in [0, 0.1) is 11.8 Å². The quantitative estimate of drug-likeness (QED) is 0.633. The van der Waals surface area contributed by atoms with E-state index in [1.165, 1.54) is 71.2 Å². The van der Waals surface area contributed by atoms with Gasteiger partial charge < -0.3 is 10.2 Å². The molecule has 0 aliphatic carbocycles. The van der Waals surface area contributed by atoms with Crippen LogP contribution >= 0.6 is 0 Å². The first-order valence-electron chi connectivity index (χ1n) is 8.15. The van der Waals surface area contributed by atoms with Crippen LogP contribution in [0.4, 0.5) is 0 Å². The van der Waals surface area contributed by atoms with Crippen molar-refractivity contribution in [3.05, 3.63) is 0 Å². The summed E-state index contributed by atoms with van der Waals surface area (Å²) in [6.45, 7) is 13.3. The lowest BCUT2D eigenvalue weighted by Crippen LogP contribution is -2.35. The molecule has 1 aliphatic heterocycles. The molecule has 18 heavy (non-hydrogen) atoms. The molecule has 108 valence electrons. The lowest BCUT2D eigenvalue weighted by Gasteiger charge is -2.32. The molecule has 1 fully saturated rings. The second-order valence-electron chi connectivity index (χ2n) is 6.38. The highest BCUT2D eigenvalue weighted by molar-refractivity contribution is 4.71. The van der Waals surface area contributed by atoms with Crippen LogP contribution in [0.3, 0.4) is 0 Å². The summed E-state index contributed by atoms with van der Waals surface area (Å²) in [5.41, 5.74) is 0. The minimum absolute atomic E-state index is 0.782. The number of hydrogen-bond donors (Lipinski definition) is 1. The number of unbranched alkanes of at least 4 members (excludes halogenated alkanes) is 2. The molecule has 1 unspecified atom stereocenters. The Morgan fingerprint density at radius 2 is 2.06 bits per heavy atom. The van der Waals surface area contributed by atoms with Gasteiger partial charge >= 0.3 is 0 Å². The molecule has 1 N–H and O–H groups in total. The van der Waals surface area contributed by atoms with E-state index in [-0.39, 0.29) is 0 Å². The van der Waals surface area contributed by atoms with Crippen LogP contribution in [0.25, 0.3) is 0 Å². The molecule has 0 bridgehead atoms. The van der Waals surface area contributed by atoms with Crippen molar-refractivity contribution in [3.8, 4) is 0 Å². The van der Waals surface area contributed by atoms with E-state index in [0.29, 0.717) is 0 Å². The summed E-state index contributed by atoms with van der Waals surface area (Å²) in [5.74, 6) is 1.76. The number of piperidine rings is 1. The SMILES string of the molecule is CCC1CCCN(CCCCCNCC(C)C)C1. The molecular weight excluding hydrogens is 220 g/mol. The summed E-state index contributed by atoms with van der Waals surface area (Å²) in [6.07, 6.45) is 8.38. The van der Waals surface area contributed by atoms with Crippen molar-refractivity contribution in [3.63, 3.8) is 0 Å². The van der Waals surface area contributed by atoms with Crippen LogP contribution in [-0.4, -0.2) is 37.6 Å². The molecule has 0 aromatic heterocycles. The Morgan fingerprint density at radius 3 is 2.78 bits per heavy atom. The number of hydrogen-bond acceptors (Lipinski definition) is 2. The highest BCUT2D eigenvalue weighted by atomic mass is 15.1. The molecule has 0 amide bonds. The zero-order chi connectivity index (χ0) is 13.2. The maximum Gasteiger partial charge on any atom is 0.000956 e. The molecule has 0 aromatic carbocycles. The third kappa shape index (κ3) is 7.38. The highest BCUT2D eigenvalue weighted by Crippen LogP contribution is 2.19. The van der Waals surface area contributed by atoms with Gasteiger partial charge in [0.25, 0.3) is 0 Å². The predicted molar refractivity (Wildman–Crippen MR) is 81.0 cm³/mol. The van der Waals surface area contributed by atoms with Crippen LogP contribution in [0.5, 0.6) is 0 Å². The van der Waals surface area contributed by atoms with Gasteiger partial charge in [0.2, 0.25) is 0 Å². The van der Waals surface area contributed by atoms with E-state index in [4.69, 9.17) is 0 Å². The summed E-state index contributed by atoms with van der Waals surface area (Å²) >= 11 is 0. The van der Waals surface area contributed by atoms with Crippen molar-refractivity contribution < 1.29 is 0 Å². The molecular formula is C16H34N2. The maximum atomic E-state index is 3.53. The molecule has 0 radical (unpaired) electrons. The number of likely N-dealkylation sites (tertiary alicyclic amines) is 1. The lowest BCUT2D eigenvalue weighted by atomic mass is 9.95. The first kappa shape index (κ1) is 16.0. The van der Waals surface area contributed by atoms with Gasteiger partial charge in [-0.2, -0.15) is 0 Å². The molecule has 2 heteroatoms. The average molecular weight is 254 g/mol. The van der Waals surface area contributed by atoms with Crippen molar-refractivity contribution in [1.82, 2.24) is 10.2 Å². The minimum Gasteiger partial charge on any atom is -0.316 e. The van der Waals surface area contributed by atoms with Gasteiger partial charge in [-0.1, -0.05) is 33.6 Å². The third-order valence-electron chi connectivity index (χ3n) is 4.06. The van der Waals surface area contributed by atoms with E-state index in [9.17, 15) is 0 Å². The van der Waals surface area contributed by atoms with Gasteiger partial charge in [-0.15, -0.1) is 0 Å². The zero-order valence-corrected chi connectivity index (χ0v) is 12.9. The Morgan fingerprint density at radius 1 is 1.22 bits per heavy atom. The van der Waals surface area contributed by atoms with Crippen LogP contribution in [0.2, 0.25) is 0 Å². The number of nitrogens with zero attached hydrogens (tertiary/aromatic N) is 1. The smallest absolute Gasteiger partial charge is 0.000956 e. The topological polar surface area (TPSA) is 15.3 Å². The molecule has 1 aliphatic rings. The lowest BCUT2D eigenvalue weighted by molar-refractivity contribution is 0.169. The molecule has 0 aromatic rings. The Bertz CT molecular complexity index is 192. The Hall–Kier alpha value is -0.0800. The van der Waals surface area contributed by atoms with E-state index < -0.39 is 0 Å². The predicted octanol–water partition coefficient (Wildman–Crippen LogP) is 3.52. The van der Waals surface area contributed by atoms with Crippen LogP contribution < -0.4 is 5.32 Å². The zero-order valence-electron chi connectivity index (χ0n) is 12.9. The van der Waals surface area contributed by atoms with E-state index in [0.717, 1.165) is 11.8 Å². The first-order chi connectivity index (χ1) is 8.72. The maximum absolute atomic E-state index is 3.53. The van der Waals surface area contributed by atoms with Crippen molar-refractivity contribution in [2.75, 3.05) is 32.7 Å². The first-order valence-corrected chi connectivity index (χ1v) is 8.15. The fourth-order valence-corrected chi connectivity index (χ4v) is 2.84. The van der Waals surface area contributed by atoms with Crippen LogP contribution in [-0.2, 0) is 0 Å². The Kier molecular flexibility index (Phi) is 8.70. The van der Waals surface area contributed by atoms with Gasteiger partial charge in [0, 0.05) is 6.54 Å². The van der Waals surface area contributed by atoms with Crippen LogP contribution in [0.1, 0.15) is 59.3 Å². The van der Waals surface area contributed by atoms with Gasteiger partial charge in [0.15, 0.2) is 0 Å². The van der Waals surface area contributed by atoms with E-state index in [2.05, 4.69) is 31.0 Å². The third-order valence-corrected chi connectivity index (χ3v) is 4.06. The summed E-state index contributed by atoms with van der Waals surface area (Å²) in [6, 6.07) is 0. The molecule has 1 atom stereocenters. The molecule has 1 heterocycles. The summed E-state index contributed by atoms with van der Waals surface area (Å²) < 4.78 is 0. The normalized spacial score (nSPS) is 21.7. The van der Waals surface area contributed by atoms with E-state index >= 15 is 0 Å². The average Bonchev–Trinajstić information content (AvgIpc) is 2.37. The monoisotopic (exact) mass is 254 g/mol. The highest BCUT2D eigenvalue weighted by Gasteiger charge is 2.17. The van der Waals surface area contributed by atoms with Gasteiger partial charge in [-0.3, -0.25) is 0 Å². The van der Waals surface area contributed by atoms with Gasteiger partial charge in [-0.25, -0.2) is 0 Å². The Labute approximate surface area is 115 Å². The van der Waals surface area contributed by atoms with Gasteiger partial charge in [0.05, 0.1) is 0 Å². The number of rotatable bonds is 9. The minimum atomic E-state index is 0.782. The summed E-state index contributed by atoms with van der Waals surface area (Å²) in [4.78, 5) is 2.69. The molecule has 0 saturated carbocycles. The van der Waals surface area contributed by atoms with Crippen molar-refractivity contribution >= 4 is 0 Å². The Balaban J connectivity index is 1.91. The molecule has 1 saturated heterocycles. The molecule has 0 spiro atoms. The fourth-order valence-electron chi connectivity index (χ4n) is 2.84. The number of nitrogens with one attached hydrogen (secondary N) is 1. The van der Waals surface area contributed by atoms with Crippen molar-refractivity contribution in [1.29, 1.82) is 0 Å². The largest absolute Gasteiger partial charge is 0.316 e. The van der Waals surface area contributed by atoms with E-state index in [1.54, 1.807) is 0 Å². The van der Waals surface area contributed by atoms with Crippen LogP contribution in [0.15, 0.2) is 0 Å².